The average Bonchev–Trinajstić information content (AvgIpc) is 2.87. The molecule has 1 amide bonds. The number of hydrogen-bond acceptors (Lipinski definition) is 4. The van der Waals surface area contributed by atoms with E-state index in [2.05, 4.69) is 11.9 Å². The standard InChI is InChI=1S/C28H22ClF3N2O3/c1-3-7-19-12-18(14-25(36-2)26(19)37-17-20-8-4-5-11-24(20)29)13-21(16-33)27(35)34-23-10-6-9-22(15-23)28(30,31)32/h3-6,8-15H,1,7,17H2,2H3,(H,34,35)/b21-13+. The van der Waals surface area contributed by atoms with Gasteiger partial charge in [0.1, 0.15) is 18.2 Å². The van der Waals surface area contributed by atoms with E-state index in [-0.39, 0.29) is 17.9 Å². The Kier molecular flexibility index (Phi) is 8.99. The molecule has 0 aliphatic carbocycles. The number of halogens is 4. The third-order valence-corrected chi connectivity index (χ3v) is 5.56. The van der Waals surface area contributed by atoms with Crippen molar-refractivity contribution in [3.8, 4) is 17.6 Å². The molecule has 5 nitrogen and oxygen atoms in total. The fraction of sp³-hybridized carbons (Fsp3) is 0.143. The van der Waals surface area contributed by atoms with E-state index in [1.807, 2.05) is 18.2 Å². The summed E-state index contributed by atoms with van der Waals surface area (Å²) in [6.45, 7) is 3.94. The van der Waals surface area contributed by atoms with Gasteiger partial charge in [0.25, 0.3) is 5.91 Å². The predicted octanol–water partition coefficient (Wildman–Crippen LogP) is 7.22. The van der Waals surface area contributed by atoms with Crippen molar-refractivity contribution < 1.29 is 27.4 Å². The maximum Gasteiger partial charge on any atom is 0.416 e. The van der Waals surface area contributed by atoms with Crippen LogP contribution in [-0.2, 0) is 24.0 Å². The van der Waals surface area contributed by atoms with Crippen molar-refractivity contribution in [2.45, 2.75) is 19.2 Å². The van der Waals surface area contributed by atoms with E-state index >= 15 is 0 Å². The summed E-state index contributed by atoms with van der Waals surface area (Å²) in [7, 11) is 1.45. The van der Waals surface area contributed by atoms with Crippen LogP contribution in [0.3, 0.4) is 0 Å². The molecule has 0 unspecified atom stereocenters. The largest absolute Gasteiger partial charge is 0.493 e. The zero-order valence-corrected chi connectivity index (χ0v) is 20.5. The van der Waals surface area contributed by atoms with Crippen molar-refractivity contribution in [3.63, 3.8) is 0 Å². The average molecular weight is 527 g/mol. The zero-order valence-electron chi connectivity index (χ0n) is 19.7. The Morgan fingerprint density at radius 3 is 2.54 bits per heavy atom. The van der Waals surface area contributed by atoms with Crippen LogP contribution < -0.4 is 14.8 Å². The second-order valence-corrected chi connectivity index (χ2v) is 8.19. The van der Waals surface area contributed by atoms with Gasteiger partial charge >= 0.3 is 6.18 Å². The topological polar surface area (TPSA) is 71.4 Å². The van der Waals surface area contributed by atoms with E-state index in [9.17, 15) is 23.2 Å². The molecule has 0 saturated carbocycles. The number of nitrogens with one attached hydrogen (secondary N) is 1. The third kappa shape index (κ3) is 7.15. The summed E-state index contributed by atoms with van der Waals surface area (Å²) < 4.78 is 50.5. The van der Waals surface area contributed by atoms with E-state index in [1.54, 1.807) is 30.3 Å². The number of nitrogens with zero attached hydrogens (tertiary/aromatic N) is 1. The summed E-state index contributed by atoms with van der Waals surface area (Å²) in [4.78, 5) is 12.7. The van der Waals surface area contributed by atoms with Crippen LogP contribution in [0.2, 0.25) is 5.02 Å². The van der Waals surface area contributed by atoms with E-state index in [0.717, 1.165) is 17.7 Å². The first-order chi connectivity index (χ1) is 17.7. The quantitative estimate of drug-likeness (QED) is 0.181. The van der Waals surface area contributed by atoms with Crippen LogP contribution in [0.15, 0.2) is 78.9 Å². The summed E-state index contributed by atoms with van der Waals surface area (Å²) in [6.07, 6.45) is -1.19. The molecule has 0 bridgehead atoms. The molecule has 1 N–H and O–H groups in total. The highest BCUT2D eigenvalue weighted by Gasteiger charge is 2.30. The lowest BCUT2D eigenvalue weighted by atomic mass is 10.0. The van der Waals surface area contributed by atoms with Crippen molar-refractivity contribution in [3.05, 3.63) is 106 Å². The van der Waals surface area contributed by atoms with E-state index in [4.69, 9.17) is 21.1 Å². The van der Waals surface area contributed by atoms with Crippen LogP contribution in [0.25, 0.3) is 6.08 Å². The number of carbonyl (C=O) groups excluding carboxylic acids is 1. The van der Waals surface area contributed by atoms with Gasteiger partial charge in [-0.05, 0) is 54.5 Å². The number of methoxy groups -OCH3 is 1. The Morgan fingerprint density at radius 1 is 1.14 bits per heavy atom. The summed E-state index contributed by atoms with van der Waals surface area (Å²) in [5.74, 6) is -0.0512. The molecule has 0 atom stereocenters. The van der Waals surface area contributed by atoms with E-state index in [1.165, 1.54) is 25.3 Å². The SMILES string of the molecule is C=CCc1cc(/C=C(\C#N)C(=O)Nc2cccc(C(F)(F)F)c2)cc(OC)c1OCc1ccccc1Cl. The zero-order chi connectivity index (χ0) is 27.0. The van der Waals surface area contributed by atoms with Gasteiger partial charge in [-0.15, -0.1) is 6.58 Å². The van der Waals surface area contributed by atoms with Crippen LogP contribution >= 0.6 is 11.6 Å². The minimum Gasteiger partial charge on any atom is -0.493 e. The number of benzene rings is 3. The number of amides is 1. The normalized spacial score (nSPS) is 11.4. The number of hydrogen-bond donors (Lipinski definition) is 1. The van der Waals surface area contributed by atoms with Crippen molar-refractivity contribution in [1.82, 2.24) is 0 Å². The molecular formula is C28H22ClF3N2O3. The molecule has 0 saturated heterocycles. The number of nitriles is 1. The smallest absolute Gasteiger partial charge is 0.416 e. The second kappa shape index (κ2) is 12.2. The van der Waals surface area contributed by atoms with Crippen LogP contribution in [0.1, 0.15) is 22.3 Å². The molecule has 3 aromatic rings. The number of allylic oxidation sites excluding steroid dienone is 1. The predicted molar refractivity (Wildman–Crippen MR) is 136 cm³/mol. The molecule has 0 spiro atoms. The molecule has 0 radical (unpaired) electrons. The summed E-state index contributed by atoms with van der Waals surface area (Å²) >= 11 is 6.22. The minimum atomic E-state index is -4.57. The van der Waals surface area contributed by atoms with Gasteiger partial charge in [0.2, 0.25) is 0 Å². The van der Waals surface area contributed by atoms with Gasteiger partial charge in [-0.2, -0.15) is 18.4 Å². The molecule has 3 aromatic carbocycles. The van der Waals surface area contributed by atoms with Gasteiger partial charge in [0.15, 0.2) is 11.5 Å². The number of rotatable bonds is 9. The lowest BCUT2D eigenvalue weighted by molar-refractivity contribution is -0.137. The van der Waals surface area contributed by atoms with Gasteiger partial charge in [-0.1, -0.05) is 41.9 Å². The van der Waals surface area contributed by atoms with Crippen molar-refractivity contribution in [2.24, 2.45) is 0 Å². The van der Waals surface area contributed by atoms with Crippen LogP contribution in [0.4, 0.5) is 18.9 Å². The molecular weight excluding hydrogens is 505 g/mol. The molecule has 9 heteroatoms. The fourth-order valence-corrected chi connectivity index (χ4v) is 3.63. The molecule has 0 heterocycles. The van der Waals surface area contributed by atoms with Crippen LogP contribution in [0.5, 0.6) is 11.5 Å². The Bertz CT molecular complexity index is 1380. The van der Waals surface area contributed by atoms with Gasteiger partial charge in [0, 0.05) is 21.8 Å². The number of ether oxygens (including phenoxy) is 2. The Balaban J connectivity index is 1.90. The highest BCUT2D eigenvalue weighted by Crippen LogP contribution is 2.36. The Labute approximate surface area is 217 Å². The maximum absolute atomic E-state index is 13.0. The number of alkyl halides is 3. The number of anilines is 1. The van der Waals surface area contributed by atoms with Crippen molar-refractivity contribution in [2.75, 3.05) is 12.4 Å². The van der Waals surface area contributed by atoms with E-state index < -0.39 is 17.6 Å². The first-order valence-electron chi connectivity index (χ1n) is 10.9. The molecule has 0 aliphatic rings. The molecule has 0 aliphatic heterocycles. The lowest BCUT2D eigenvalue weighted by Crippen LogP contribution is -2.14. The van der Waals surface area contributed by atoms with Crippen LogP contribution in [-0.4, -0.2) is 13.0 Å². The van der Waals surface area contributed by atoms with Gasteiger partial charge < -0.3 is 14.8 Å². The molecule has 0 fully saturated rings. The molecule has 37 heavy (non-hydrogen) atoms. The molecule has 0 aromatic heterocycles. The van der Waals surface area contributed by atoms with Crippen molar-refractivity contribution in [1.29, 1.82) is 5.26 Å². The molecule has 3 rings (SSSR count). The lowest BCUT2D eigenvalue weighted by Gasteiger charge is -2.16. The highest BCUT2D eigenvalue weighted by molar-refractivity contribution is 6.31. The van der Waals surface area contributed by atoms with Gasteiger partial charge in [-0.3, -0.25) is 4.79 Å². The monoisotopic (exact) mass is 526 g/mol. The maximum atomic E-state index is 13.0. The first kappa shape index (κ1) is 27.4. The minimum absolute atomic E-state index is 0.0887. The van der Waals surface area contributed by atoms with Gasteiger partial charge in [-0.25, -0.2) is 0 Å². The third-order valence-electron chi connectivity index (χ3n) is 5.19. The second-order valence-electron chi connectivity index (χ2n) is 7.79. The first-order valence-corrected chi connectivity index (χ1v) is 11.3. The summed E-state index contributed by atoms with van der Waals surface area (Å²) in [5, 5.41) is 12.5. The summed E-state index contributed by atoms with van der Waals surface area (Å²) in [5.41, 5.74) is 0.595. The van der Waals surface area contributed by atoms with Crippen molar-refractivity contribution >= 4 is 29.3 Å². The van der Waals surface area contributed by atoms with E-state index in [0.29, 0.717) is 34.1 Å². The fourth-order valence-electron chi connectivity index (χ4n) is 3.44. The van der Waals surface area contributed by atoms with Gasteiger partial charge in [0.05, 0.1) is 12.7 Å². The number of carbonyl (C=O) groups is 1. The molecule has 190 valence electrons. The Morgan fingerprint density at radius 2 is 1.89 bits per heavy atom. The van der Waals surface area contributed by atoms with Crippen LogP contribution in [0, 0.1) is 11.3 Å². The Hall–Kier alpha value is -4.22. The summed E-state index contributed by atoms with van der Waals surface area (Å²) in [6, 6.07) is 16.5. The highest BCUT2D eigenvalue weighted by atomic mass is 35.5.